The van der Waals surface area contributed by atoms with Crippen molar-refractivity contribution in [3.63, 3.8) is 0 Å². The lowest BCUT2D eigenvalue weighted by Crippen LogP contribution is -2.20. The second-order valence-electron chi connectivity index (χ2n) is 6.72. The Labute approximate surface area is 190 Å². The van der Waals surface area contributed by atoms with Gasteiger partial charge in [-0.3, -0.25) is 9.78 Å². The van der Waals surface area contributed by atoms with Crippen LogP contribution in [0.25, 0.3) is 11.3 Å². The van der Waals surface area contributed by atoms with Gasteiger partial charge in [-0.15, -0.1) is 11.3 Å². The van der Waals surface area contributed by atoms with E-state index >= 15 is 0 Å². The molecule has 2 heterocycles. The first-order valence-electron chi connectivity index (χ1n) is 10.1. The van der Waals surface area contributed by atoms with E-state index < -0.39 is 0 Å². The number of aromatic nitrogens is 2. The van der Waals surface area contributed by atoms with E-state index in [0.29, 0.717) is 18.0 Å². The largest absolute Gasteiger partial charge is 0.494 e. The van der Waals surface area contributed by atoms with Crippen LogP contribution in [0.15, 0.2) is 78.4 Å². The minimum Gasteiger partial charge on any atom is -0.494 e. The summed E-state index contributed by atoms with van der Waals surface area (Å²) >= 11 is 1.53. The van der Waals surface area contributed by atoms with Gasteiger partial charge in [0.2, 0.25) is 0 Å². The molecule has 8 heteroatoms. The lowest BCUT2D eigenvalue weighted by atomic mass is 10.2. The van der Waals surface area contributed by atoms with Crippen LogP contribution in [0, 0.1) is 0 Å². The van der Waals surface area contributed by atoms with Crippen molar-refractivity contribution in [2.75, 3.05) is 23.8 Å². The molecule has 4 aromatic rings. The summed E-state index contributed by atoms with van der Waals surface area (Å²) in [4.78, 5) is 20.8. The molecule has 0 spiro atoms. The molecule has 0 aliphatic heterocycles. The van der Waals surface area contributed by atoms with Gasteiger partial charge in [-0.1, -0.05) is 0 Å². The number of anilines is 3. The van der Waals surface area contributed by atoms with Gasteiger partial charge in [0.1, 0.15) is 11.5 Å². The van der Waals surface area contributed by atoms with E-state index in [0.717, 1.165) is 27.8 Å². The van der Waals surface area contributed by atoms with Crippen molar-refractivity contribution >= 4 is 33.8 Å². The molecule has 0 radical (unpaired) electrons. The zero-order chi connectivity index (χ0) is 22.2. The molecule has 32 heavy (non-hydrogen) atoms. The van der Waals surface area contributed by atoms with E-state index in [2.05, 4.69) is 20.6 Å². The van der Waals surface area contributed by atoms with Gasteiger partial charge in [-0.2, -0.15) is 0 Å². The van der Waals surface area contributed by atoms with Crippen molar-refractivity contribution in [2.24, 2.45) is 0 Å². The molecule has 0 aliphatic carbocycles. The molecule has 2 aromatic heterocycles. The third-order valence-corrected chi connectivity index (χ3v) is 5.16. The smallest absolute Gasteiger partial charge is 0.262 e. The molecular weight excluding hydrogens is 424 g/mol. The number of carbonyl (C=O) groups is 1. The van der Waals surface area contributed by atoms with E-state index in [-0.39, 0.29) is 12.5 Å². The van der Waals surface area contributed by atoms with Crippen molar-refractivity contribution in [3.05, 3.63) is 78.4 Å². The average Bonchev–Trinajstić information content (AvgIpc) is 3.29. The third-order valence-electron chi connectivity index (χ3n) is 4.40. The highest BCUT2D eigenvalue weighted by Gasteiger charge is 2.07. The molecule has 0 aliphatic rings. The van der Waals surface area contributed by atoms with Gasteiger partial charge >= 0.3 is 0 Å². The van der Waals surface area contributed by atoms with Gasteiger partial charge in [-0.25, -0.2) is 4.98 Å². The molecule has 0 atom stereocenters. The molecule has 0 bridgehead atoms. The van der Waals surface area contributed by atoms with Crippen molar-refractivity contribution < 1.29 is 14.3 Å². The van der Waals surface area contributed by atoms with E-state index in [1.54, 1.807) is 24.5 Å². The quantitative estimate of drug-likeness (QED) is 0.360. The van der Waals surface area contributed by atoms with E-state index in [1.165, 1.54) is 11.3 Å². The molecule has 2 aromatic carbocycles. The summed E-state index contributed by atoms with van der Waals surface area (Å²) in [6.45, 7) is 2.45. The van der Waals surface area contributed by atoms with Crippen LogP contribution in [0.1, 0.15) is 6.92 Å². The number of ether oxygens (including phenoxy) is 2. The molecule has 0 saturated heterocycles. The predicted molar refractivity (Wildman–Crippen MR) is 127 cm³/mol. The van der Waals surface area contributed by atoms with Crippen LogP contribution in [0.5, 0.6) is 11.5 Å². The summed E-state index contributed by atoms with van der Waals surface area (Å²) in [5.74, 6) is 1.14. The minimum atomic E-state index is -0.235. The van der Waals surface area contributed by atoms with E-state index in [4.69, 9.17) is 9.47 Å². The van der Waals surface area contributed by atoms with Gasteiger partial charge in [0.05, 0.1) is 12.3 Å². The lowest BCUT2D eigenvalue weighted by molar-refractivity contribution is -0.118. The number of hydrogen-bond acceptors (Lipinski definition) is 7. The Kier molecular flexibility index (Phi) is 6.94. The topological polar surface area (TPSA) is 85.4 Å². The van der Waals surface area contributed by atoms with E-state index in [9.17, 15) is 4.79 Å². The number of hydrogen-bond donors (Lipinski definition) is 2. The Morgan fingerprint density at radius 1 is 0.906 bits per heavy atom. The monoisotopic (exact) mass is 446 g/mol. The van der Waals surface area contributed by atoms with Crippen LogP contribution in [0.4, 0.5) is 16.5 Å². The van der Waals surface area contributed by atoms with Crippen molar-refractivity contribution in [2.45, 2.75) is 6.92 Å². The summed E-state index contributed by atoms with van der Waals surface area (Å²) in [6.07, 6.45) is 3.50. The van der Waals surface area contributed by atoms with Crippen LogP contribution < -0.4 is 20.1 Å². The standard InChI is InChI=1S/C24H22N4O3S/c1-2-30-20-7-9-21(10-8-20)31-15-23(29)26-18-3-5-19(6-4-18)27-24-28-22(16-32-24)17-11-13-25-14-12-17/h3-14,16H,2,15H2,1H3,(H,26,29)(H,27,28). The molecule has 1 amide bonds. The highest BCUT2D eigenvalue weighted by molar-refractivity contribution is 7.14. The Hall–Kier alpha value is -3.91. The average molecular weight is 447 g/mol. The fourth-order valence-electron chi connectivity index (χ4n) is 2.89. The summed E-state index contributed by atoms with van der Waals surface area (Å²) in [5, 5.41) is 8.89. The van der Waals surface area contributed by atoms with Gasteiger partial charge in [0, 0.05) is 34.7 Å². The second-order valence-corrected chi connectivity index (χ2v) is 7.58. The van der Waals surface area contributed by atoms with Crippen LogP contribution in [-0.2, 0) is 4.79 Å². The van der Waals surface area contributed by atoms with Gasteiger partial charge in [0.25, 0.3) is 5.91 Å². The van der Waals surface area contributed by atoms with Crippen LogP contribution in [0.3, 0.4) is 0 Å². The molecule has 2 N–H and O–H groups in total. The number of thiazole rings is 1. The zero-order valence-electron chi connectivity index (χ0n) is 17.4. The first kappa shape index (κ1) is 21.3. The predicted octanol–water partition coefficient (Wildman–Crippen LogP) is 5.36. The molecule has 162 valence electrons. The van der Waals surface area contributed by atoms with Gasteiger partial charge in [-0.05, 0) is 67.6 Å². The number of nitrogens with one attached hydrogen (secondary N) is 2. The molecular formula is C24H22N4O3S. The molecule has 0 fully saturated rings. The minimum absolute atomic E-state index is 0.0785. The Morgan fingerprint density at radius 2 is 1.56 bits per heavy atom. The maximum Gasteiger partial charge on any atom is 0.262 e. The molecule has 0 saturated carbocycles. The highest BCUT2D eigenvalue weighted by Crippen LogP contribution is 2.27. The zero-order valence-corrected chi connectivity index (χ0v) is 18.3. The Morgan fingerprint density at radius 3 is 2.25 bits per heavy atom. The summed E-state index contributed by atoms with van der Waals surface area (Å²) in [6, 6.07) is 18.5. The molecule has 7 nitrogen and oxygen atoms in total. The second kappa shape index (κ2) is 10.4. The Balaban J connectivity index is 1.27. The fraction of sp³-hybridized carbons (Fsp3) is 0.125. The SMILES string of the molecule is CCOc1ccc(OCC(=O)Nc2ccc(Nc3nc(-c4ccncc4)cs3)cc2)cc1. The summed E-state index contributed by atoms with van der Waals surface area (Å²) in [7, 11) is 0. The van der Waals surface area contributed by atoms with Crippen LogP contribution in [0.2, 0.25) is 0 Å². The van der Waals surface area contributed by atoms with Gasteiger partial charge < -0.3 is 20.1 Å². The van der Waals surface area contributed by atoms with Crippen molar-refractivity contribution in [3.8, 4) is 22.8 Å². The van der Waals surface area contributed by atoms with Gasteiger partial charge in [0.15, 0.2) is 11.7 Å². The normalized spacial score (nSPS) is 10.4. The number of benzene rings is 2. The number of nitrogens with zero attached hydrogens (tertiary/aromatic N) is 2. The summed E-state index contributed by atoms with van der Waals surface area (Å²) < 4.78 is 10.9. The number of amides is 1. The maximum atomic E-state index is 12.2. The third kappa shape index (κ3) is 5.83. The maximum absolute atomic E-state index is 12.2. The number of rotatable bonds is 9. The lowest BCUT2D eigenvalue weighted by Gasteiger charge is -2.09. The number of carbonyl (C=O) groups excluding carboxylic acids is 1. The first-order valence-corrected chi connectivity index (χ1v) is 11.0. The number of pyridine rings is 1. The van der Waals surface area contributed by atoms with E-state index in [1.807, 2.05) is 60.8 Å². The van der Waals surface area contributed by atoms with Crippen LogP contribution in [-0.4, -0.2) is 29.1 Å². The van der Waals surface area contributed by atoms with Crippen molar-refractivity contribution in [1.29, 1.82) is 0 Å². The summed E-state index contributed by atoms with van der Waals surface area (Å²) in [5.41, 5.74) is 3.49. The first-order chi connectivity index (χ1) is 15.7. The van der Waals surface area contributed by atoms with Crippen molar-refractivity contribution in [1.82, 2.24) is 9.97 Å². The fourth-order valence-corrected chi connectivity index (χ4v) is 3.63. The Bertz CT molecular complexity index is 1150. The molecule has 0 unspecified atom stereocenters. The van der Waals surface area contributed by atoms with Crippen LogP contribution >= 0.6 is 11.3 Å². The molecule has 4 rings (SSSR count). The highest BCUT2D eigenvalue weighted by atomic mass is 32.1.